The van der Waals surface area contributed by atoms with E-state index < -0.39 is 0 Å². The van der Waals surface area contributed by atoms with E-state index in [4.69, 9.17) is 18.0 Å². The van der Waals surface area contributed by atoms with Crippen LogP contribution in [0, 0.1) is 20.8 Å². The first kappa shape index (κ1) is 14.9. The minimum absolute atomic E-state index is 0.169. The average Bonchev–Trinajstić information content (AvgIpc) is 2.68. The maximum absolute atomic E-state index is 5.77. The van der Waals surface area contributed by atoms with Crippen molar-refractivity contribution in [2.45, 2.75) is 33.7 Å². The van der Waals surface area contributed by atoms with E-state index in [2.05, 4.69) is 37.1 Å². The summed E-state index contributed by atoms with van der Waals surface area (Å²) in [5.74, 6) is 0.758. The number of thiophene rings is 1. The van der Waals surface area contributed by atoms with E-state index in [0.29, 0.717) is 4.99 Å². The molecule has 0 aliphatic heterocycles. The lowest BCUT2D eigenvalue weighted by Crippen LogP contribution is -2.16. The third kappa shape index (κ3) is 3.16. The molecule has 0 bridgehead atoms. The summed E-state index contributed by atoms with van der Waals surface area (Å²) in [5.41, 5.74) is 8.80. The van der Waals surface area contributed by atoms with Gasteiger partial charge >= 0.3 is 0 Å². The number of rotatable bonds is 4. The zero-order valence-electron chi connectivity index (χ0n) is 12.2. The Labute approximate surface area is 129 Å². The normalized spacial score (nSPS) is 12.2. The van der Waals surface area contributed by atoms with Gasteiger partial charge in [-0.2, -0.15) is 0 Å². The van der Waals surface area contributed by atoms with Crippen molar-refractivity contribution in [2.24, 2.45) is 5.73 Å². The highest BCUT2D eigenvalue weighted by molar-refractivity contribution is 7.80. The van der Waals surface area contributed by atoms with Crippen molar-refractivity contribution in [3.8, 4) is 0 Å². The molecular formula is C15H19N3S2. The first-order valence-electron chi connectivity index (χ1n) is 6.49. The molecule has 5 heteroatoms. The molecule has 0 saturated carbocycles. The summed E-state index contributed by atoms with van der Waals surface area (Å²) in [7, 11) is 0. The van der Waals surface area contributed by atoms with Gasteiger partial charge in [0, 0.05) is 15.4 Å². The number of aromatic nitrogens is 1. The molecule has 0 fully saturated rings. The number of anilines is 1. The van der Waals surface area contributed by atoms with Crippen LogP contribution in [0.2, 0.25) is 0 Å². The monoisotopic (exact) mass is 305 g/mol. The molecule has 2 aromatic heterocycles. The molecular weight excluding hydrogens is 286 g/mol. The Morgan fingerprint density at radius 2 is 2.05 bits per heavy atom. The lowest BCUT2D eigenvalue weighted by Gasteiger charge is -2.17. The number of nitrogens with zero attached hydrogens (tertiary/aromatic N) is 1. The van der Waals surface area contributed by atoms with Gasteiger partial charge in [0.15, 0.2) is 0 Å². The molecule has 1 atom stereocenters. The molecule has 0 aliphatic carbocycles. The Balaban J connectivity index is 2.32. The van der Waals surface area contributed by atoms with Crippen LogP contribution in [0.5, 0.6) is 0 Å². The SMILES string of the molecule is Cc1ccc(C(N)=S)c(NC(C)c2cc(C)sc2C)n1. The first-order chi connectivity index (χ1) is 9.38. The Morgan fingerprint density at radius 3 is 2.60 bits per heavy atom. The highest BCUT2D eigenvalue weighted by Gasteiger charge is 2.14. The minimum Gasteiger partial charge on any atom is -0.389 e. The third-order valence-electron chi connectivity index (χ3n) is 3.20. The van der Waals surface area contributed by atoms with Crippen molar-refractivity contribution in [2.75, 3.05) is 5.32 Å². The summed E-state index contributed by atoms with van der Waals surface area (Å²) in [6, 6.07) is 6.23. The van der Waals surface area contributed by atoms with Gasteiger partial charge in [-0.15, -0.1) is 11.3 Å². The van der Waals surface area contributed by atoms with Crippen LogP contribution in [0.3, 0.4) is 0 Å². The van der Waals surface area contributed by atoms with Crippen molar-refractivity contribution < 1.29 is 0 Å². The fraction of sp³-hybridized carbons (Fsp3) is 0.333. The molecule has 3 N–H and O–H groups in total. The van der Waals surface area contributed by atoms with Gasteiger partial charge in [0.05, 0.1) is 11.6 Å². The number of nitrogens with one attached hydrogen (secondary N) is 1. The molecule has 2 rings (SSSR count). The topological polar surface area (TPSA) is 50.9 Å². The Hall–Kier alpha value is -1.46. The van der Waals surface area contributed by atoms with E-state index in [1.165, 1.54) is 15.3 Å². The molecule has 0 saturated heterocycles. The van der Waals surface area contributed by atoms with Crippen molar-refractivity contribution in [3.63, 3.8) is 0 Å². The smallest absolute Gasteiger partial charge is 0.136 e. The summed E-state index contributed by atoms with van der Waals surface area (Å²) >= 11 is 6.90. The predicted octanol–water partition coefficient (Wildman–Crippen LogP) is 3.88. The summed E-state index contributed by atoms with van der Waals surface area (Å²) < 4.78 is 0. The average molecular weight is 305 g/mol. The molecule has 0 radical (unpaired) electrons. The Morgan fingerprint density at radius 1 is 1.35 bits per heavy atom. The fourth-order valence-electron chi connectivity index (χ4n) is 2.23. The summed E-state index contributed by atoms with van der Waals surface area (Å²) in [6.07, 6.45) is 0. The van der Waals surface area contributed by atoms with Gasteiger partial charge in [0.1, 0.15) is 10.8 Å². The van der Waals surface area contributed by atoms with Gasteiger partial charge in [-0.25, -0.2) is 4.98 Å². The quantitative estimate of drug-likeness (QED) is 0.842. The third-order valence-corrected chi connectivity index (χ3v) is 4.40. The van der Waals surface area contributed by atoms with Gasteiger partial charge in [-0.3, -0.25) is 0 Å². The van der Waals surface area contributed by atoms with Gasteiger partial charge in [0.2, 0.25) is 0 Å². The predicted molar refractivity (Wildman–Crippen MR) is 90.7 cm³/mol. The zero-order chi connectivity index (χ0) is 14.9. The van der Waals surface area contributed by atoms with Crippen molar-refractivity contribution in [1.29, 1.82) is 0 Å². The molecule has 0 spiro atoms. The fourth-order valence-corrected chi connectivity index (χ4v) is 3.42. The van der Waals surface area contributed by atoms with Crippen LogP contribution in [0.4, 0.5) is 5.82 Å². The number of pyridine rings is 1. The van der Waals surface area contributed by atoms with Crippen molar-refractivity contribution in [1.82, 2.24) is 4.98 Å². The van der Waals surface area contributed by atoms with Gasteiger partial charge in [-0.05, 0) is 51.5 Å². The number of aryl methyl sites for hydroxylation is 3. The molecule has 106 valence electrons. The highest BCUT2D eigenvalue weighted by atomic mass is 32.1. The van der Waals surface area contributed by atoms with E-state index in [-0.39, 0.29) is 6.04 Å². The van der Waals surface area contributed by atoms with Crippen LogP contribution < -0.4 is 11.1 Å². The van der Waals surface area contributed by atoms with Crippen LogP contribution in [0.25, 0.3) is 0 Å². The molecule has 3 nitrogen and oxygen atoms in total. The second-order valence-electron chi connectivity index (χ2n) is 4.95. The van der Waals surface area contributed by atoms with Gasteiger partial charge < -0.3 is 11.1 Å². The minimum atomic E-state index is 0.169. The second-order valence-corrected chi connectivity index (χ2v) is 6.85. The Bertz CT molecular complexity index is 647. The number of thiocarbonyl (C=S) groups is 1. The van der Waals surface area contributed by atoms with Gasteiger partial charge in [-0.1, -0.05) is 12.2 Å². The summed E-state index contributed by atoms with van der Waals surface area (Å²) in [6.45, 7) is 8.35. The van der Waals surface area contributed by atoms with E-state index in [9.17, 15) is 0 Å². The van der Waals surface area contributed by atoms with Crippen LogP contribution in [0.15, 0.2) is 18.2 Å². The summed E-state index contributed by atoms with van der Waals surface area (Å²) in [5, 5.41) is 3.43. The van der Waals surface area contributed by atoms with Crippen LogP contribution in [0.1, 0.15) is 39.5 Å². The molecule has 2 heterocycles. The van der Waals surface area contributed by atoms with E-state index in [1.54, 1.807) is 0 Å². The maximum atomic E-state index is 5.77. The van der Waals surface area contributed by atoms with Crippen molar-refractivity contribution >= 4 is 34.4 Å². The molecule has 20 heavy (non-hydrogen) atoms. The first-order valence-corrected chi connectivity index (χ1v) is 7.72. The number of hydrogen-bond acceptors (Lipinski definition) is 4. The molecule has 1 unspecified atom stereocenters. The molecule has 0 amide bonds. The standard InChI is InChI=1S/C15H19N3S2/c1-8-5-6-12(14(16)19)15(17-8)18-10(3)13-7-9(2)20-11(13)4/h5-7,10H,1-4H3,(H2,16,19)(H,17,18). The molecule has 2 aromatic rings. The molecule has 0 aromatic carbocycles. The van der Waals surface area contributed by atoms with E-state index in [1.807, 2.05) is 30.4 Å². The number of nitrogens with two attached hydrogens (primary N) is 1. The second kappa shape index (κ2) is 5.89. The summed E-state index contributed by atoms with van der Waals surface area (Å²) in [4.78, 5) is 7.53. The maximum Gasteiger partial charge on any atom is 0.136 e. The zero-order valence-corrected chi connectivity index (χ0v) is 13.8. The van der Waals surface area contributed by atoms with Crippen LogP contribution in [-0.4, -0.2) is 9.97 Å². The van der Waals surface area contributed by atoms with Gasteiger partial charge in [0.25, 0.3) is 0 Å². The molecule has 0 aliphatic rings. The Kier molecular flexibility index (Phi) is 4.40. The van der Waals surface area contributed by atoms with E-state index in [0.717, 1.165) is 17.1 Å². The lowest BCUT2D eigenvalue weighted by atomic mass is 10.1. The lowest BCUT2D eigenvalue weighted by molar-refractivity contribution is 0.869. The van der Waals surface area contributed by atoms with Crippen LogP contribution in [-0.2, 0) is 0 Å². The van der Waals surface area contributed by atoms with E-state index >= 15 is 0 Å². The van der Waals surface area contributed by atoms with Crippen molar-refractivity contribution in [3.05, 3.63) is 44.8 Å². The largest absolute Gasteiger partial charge is 0.389 e. The highest BCUT2D eigenvalue weighted by Crippen LogP contribution is 2.29. The van der Waals surface area contributed by atoms with Crippen LogP contribution >= 0.6 is 23.6 Å². The number of hydrogen-bond donors (Lipinski definition) is 2.